The number of benzene rings is 2. The Bertz CT molecular complexity index is 979. The first-order valence-corrected chi connectivity index (χ1v) is 11.5. The molecule has 9 heteroatoms. The molecule has 2 fully saturated rings. The normalized spacial score (nSPS) is 19.5. The van der Waals surface area contributed by atoms with Gasteiger partial charge in [0.15, 0.2) is 0 Å². The third-order valence-electron chi connectivity index (χ3n) is 5.82. The van der Waals surface area contributed by atoms with Gasteiger partial charge in [0, 0.05) is 47.5 Å². The third kappa shape index (κ3) is 6.22. The van der Waals surface area contributed by atoms with Crippen LogP contribution in [0.3, 0.4) is 0 Å². The van der Waals surface area contributed by atoms with Crippen LogP contribution in [0, 0.1) is 5.82 Å². The number of halogens is 2. The minimum absolute atomic E-state index is 0.000315. The highest BCUT2D eigenvalue weighted by molar-refractivity contribution is 6.31. The van der Waals surface area contributed by atoms with E-state index < -0.39 is 11.9 Å². The first-order valence-electron chi connectivity index (χ1n) is 11.2. The van der Waals surface area contributed by atoms with E-state index in [1.165, 1.54) is 6.07 Å². The molecule has 3 amide bonds. The van der Waals surface area contributed by atoms with E-state index in [2.05, 4.69) is 20.9 Å². The molecule has 2 aromatic rings. The molecule has 2 atom stereocenters. The number of carbonyl (C=O) groups excluding carboxylic acids is 2. The van der Waals surface area contributed by atoms with E-state index in [9.17, 15) is 14.0 Å². The van der Waals surface area contributed by atoms with E-state index in [0.29, 0.717) is 41.5 Å². The number of rotatable bonds is 7. The van der Waals surface area contributed by atoms with Crippen molar-refractivity contribution in [1.29, 1.82) is 0 Å². The minimum Gasteiger partial charge on any atom is -0.376 e. The molecule has 2 aromatic carbocycles. The van der Waals surface area contributed by atoms with Crippen molar-refractivity contribution >= 4 is 29.2 Å². The Balaban J connectivity index is 1.42. The Morgan fingerprint density at radius 1 is 1.21 bits per heavy atom. The maximum absolute atomic E-state index is 14.7. The molecule has 0 spiro atoms. The predicted molar refractivity (Wildman–Crippen MR) is 125 cm³/mol. The lowest BCUT2D eigenvalue weighted by Crippen LogP contribution is -2.47. The molecule has 2 aliphatic rings. The number of morpholine rings is 1. The second kappa shape index (κ2) is 10.5. The van der Waals surface area contributed by atoms with Gasteiger partial charge >= 0.3 is 6.03 Å². The average molecular weight is 475 g/mol. The van der Waals surface area contributed by atoms with Gasteiger partial charge in [0.1, 0.15) is 5.82 Å². The first kappa shape index (κ1) is 23.5. The SMILES string of the molecule is CC1CN(C(CNC(=O)c2ccc(NC(=O)NC3CC3)cc2)c2c(F)cccc2Cl)CCO1. The van der Waals surface area contributed by atoms with Gasteiger partial charge in [-0.2, -0.15) is 0 Å². The van der Waals surface area contributed by atoms with Crippen LogP contribution in [0.2, 0.25) is 5.02 Å². The number of ether oxygens (including phenoxy) is 1. The van der Waals surface area contributed by atoms with Crippen LogP contribution in [0.25, 0.3) is 0 Å². The van der Waals surface area contributed by atoms with Crippen molar-refractivity contribution in [1.82, 2.24) is 15.5 Å². The highest BCUT2D eigenvalue weighted by Crippen LogP contribution is 2.31. The zero-order valence-electron chi connectivity index (χ0n) is 18.4. The van der Waals surface area contributed by atoms with E-state index in [1.54, 1.807) is 36.4 Å². The van der Waals surface area contributed by atoms with E-state index in [1.807, 2.05) is 6.92 Å². The summed E-state index contributed by atoms with van der Waals surface area (Å²) in [6, 6.07) is 10.8. The van der Waals surface area contributed by atoms with Gasteiger partial charge in [-0.15, -0.1) is 0 Å². The van der Waals surface area contributed by atoms with E-state index >= 15 is 0 Å². The van der Waals surface area contributed by atoms with Crippen LogP contribution in [-0.2, 0) is 4.74 Å². The van der Waals surface area contributed by atoms with Crippen molar-refractivity contribution in [3.63, 3.8) is 0 Å². The number of hydrogen-bond donors (Lipinski definition) is 3. The van der Waals surface area contributed by atoms with Crippen LogP contribution in [0.5, 0.6) is 0 Å². The molecule has 1 saturated heterocycles. The predicted octanol–water partition coefficient (Wildman–Crippen LogP) is 3.95. The van der Waals surface area contributed by atoms with Gasteiger partial charge in [-0.05, 0) is 56.2 Å². The van der Waals surface area contributed by atoms with Crippen LogP contribution >= 0.6 is 11.6 Å². The summed E-state index contributed by atoms with van der Waals surface area (Å²) >= 11 is 6.36. The summed E-state index contributed by atoms with van der Waals surface area (Å²) in [4.78, 5) is 26.8. The quantitative estimate of drug-likeness (QED) is 0.567. The Morgan fingerprint density at radius 3 is 2.64 bits per heavy atom. The van der Waals surface area contributed by atoms with Crippen molar-refractivity contribution in [2.24, 2.45) is 0 Å². The van der Waals surface area contributed by atoms with E-state index in [4.69, 9.17) is 16.3 Å². The van der Waals surface area contributed by atoms with Crippen LogP contribution in [0.1, 0.15) is 41.7 Å². The summed E-state index contributed by atoms with van der Waals surface area (Å²) in [5, 5.41) is 8.84. The highest BCUT2D eigenvalue weighted by Gasteiger charge is 2.29. The summed E-state index contributed by atoms with van der Waals surface area (Å²) < 4.78 is 20.4. The number of carbonyl (C=O) groups is 2. The highest BCUT2D eigenvalue weighted by atomic mass is 35.5. The number of nitrogens with zero attached hydrogens (tertiary/aromatic N) is 1. The van der Waals surface area contributed by atoms with Crippen LogP contribution in [0.4, 0.5) is 14.9 Å². The molecule has 4 rings (SSSR count). The van der Waals surface area contributed by atoms with Crippen LogP contribution < -0.4 is 16.0 Å². The van der Waals surface area contributed by atoms with Crippen molar-refractivity contribution in [3.05, 3.63) is 64.4 Å². The fourth-order valence-corrected chi connectivity index (χ4v) is 4.24. The van der Waals surface area contributed by atoms with Gasteiger partial charge in [-0.1, -0.05) is 17.7 Å². The average Bonchev–Trinajstić information content (AvgIpc) is 3.60. The van der Waals surface area contributed by atoms with E-state index in [-0.39, 0.29) is 30.6 Å². The number of urea groups is 1. The second-order valence-corrected chi connectivity index (χ2v) is 8.89. The zero-order valence-corrected chi connectivity index (χ0v) is 19.2. The van der Waals surface area contributed by atoms with Gasteiger partial charge in [0.2, 0.25) is 0 Å². The summed E-state index contributed by atoms with van der Waals surface area (Å²) in [5.41, 5.74) is 1.41. The molecule has 3 N–H and O–H groups in total. The molecule has 1 heterocycles. The maximum atomic E-state index is 14.7. The van der Waals surface area contributed by atoms with Crippen molar-refractivity contribution < 1.29 is 18.7 Å². The molecule has 0 aromatic heterocycles. The van der Waals surface area contributed by atoms with Crippen molar-refractivity contribution in [2.45, 2.75) is 38.0 Å². The molecule has 1 aliphatic carbocycles. The molecule has 0 radical (unpaired) electrons. The summed E-state index contributed by atoms with van der Waals surface area (Å²) in [7, 11) is 0. The molecule has 2 unspecified atom stereocenters. The zero-order chi connectivity index (χ0) is 23.4. The van der Waals surface area contributed by atoms with Crippen LogP contribution in [0.15, 0.2) is 42.5 Å². The smallest absolute Gasteiger partial charge is 0.319 e. The Morgan fingerprint density at radius 2 is 1.97 bits per heavy atom. The largest absolute Gasteiger partial charge is 0.376 e. The molecule has 33 heavy (non-hydrogen) atoms. The van der Waals surface area contributed by atoms with Gasteiger partial charge < -0.3 is 20.7 Å². The third-order valence-corrected chi connectivity index (χ3v) is 6.15. The van der Waals surface area contributed by atoms with Crippen molar-refractivity contribution in [2.75, 3.05) is 31.6 Å². The maximum Gasteiger partial charge on any atom is 0.319 e. The van der Waals surface area contributed by atoms with Gasteiger partial charge in [-0.25, -0.2) is 9.18 Å². The van der Waals surface area contributed by atoms with Crippen molar-refractivity contribution in [3.8, 4) is 0 Å². The number of nitrogens with one attached hydrogen (secondary N) is 3. The lowest BCUT2D eigenvalue weighted by atomic mass is 10.0. The van der Waals surface area contributed by atoms with Crippen LogP contribution in [-0.4, -0.2) is 55.2 Å². The van der Waals surface area contributed by atoms with Gasteiger partial charge in [0.25, 0.3) is 5.91 Å². The molecule has 7 nitrogen and oxygen atoms in total. The molecular weight excluding hydrogens is 447 g/mol. The molecular formula is C24H28ClFN4O3. The number of amides is 3. The summed E-state index contributed by atoms with van der Waals surface area (Å²) in [5.74, 6) is -0.691. The number of hydrogen-bond acceptors (Lipinski definition) is 4. The molecule has 1 saturated carbocycles. The second-order valence-electron chi connectivity index (χ2n) is 8.49. The lowest BCUT2D eigenvalue weighted by molar-refractivity contribution is -0.0346. The monoisotopic (exact) mass is 474 g/mol. The Labute approximate surface area is 197 Å². The fourth-order valence-electron chi connectivity index (χ4n) is 3.95. The molecule has 0 bridgehead atoms. The van der Waals surface area contributed by atoms with Gasteiger partial charge in [0.05, 0.1) is 18.8 Å². The molecule has 1 aliphatic heterocycles. The van der Waals surface area contributed by atoms with E-state index in [0.717, 1.165) is 12.8 Å². The fraction of sp³-hybridized carbons (Fsp3) is 0.417. The summed E-state index contributed by atoms with van der Waals surface area (Å²) in [6.45, 7) is 3.90. The lowest BCUT2D eigenvalue weighted by Gasteiger charge is -2.38. The minimum atomic E-state index is -0.430. The summed E-state index contributed by atoms with van der Waals surface area (Å²) in [6.07, 6.45) is 2.02. The topological polar surface area (TPSA) is 82.7 Å². The number of anilines is 1. The standard InChI is InChI=1S/C24H28ClFN4O3/c1-15-14-30(11-12-33-15)21(22-19(25)3-2-4-20(22)26)13-27-23(31)16-5-7-17(8-6-16)28-24(32)29-18-9-10-18/h2-8,15,18,21H,9-14H2,1H3,(H,27,31)(H2,28,29,32). The Hall–Kier alpha value is -2.68. The molecule has 176 valence electrons. The van der Waals surface area contributed by atoms with Gasteiger partial charge in [-0.3, -0.25) is 9.69 Å². The first-order chi connectivity index (χ1) is 15.9. The Kier molecular flexibility index (Phi) is 7.47.